The van der Waals surface area contributed by atoms with Crippen molar-refractivity contribution < 1.29 is 17.9 Å². The zero-order valence-corrected chi connectivity index (χ0v) is 14.7. The molecule has 0 radical (unpaired) electrons. The average Bonchev–Trinajstić information content (AvgIpc) is 3.10. The molecule has 2 aliphatic rings. The number of hydrogen-bond acceptors (Lipinski definition) is 6. The van der Waals surface area contributed by atoms with E-state index in [4.69, 9.17) is 16.3 Å². The Bertz CT molecular complexity index is 873. The molecule has 1 aliphatic carbocycles. The molecule has 0 amide bonds. The van der Waals surface area contributed by atoms with Crippen LogP contribution in [0.15, 0.2) is 35.7 Å². The van der Waals surface area contributed by atoms with Crippen LogP contribution < -0.4 is 10.7 Å². The minimum absolute atomic E-state index is 0.00628. The Kier molecular flexibility index (Phi) is 4.55. The third-order valence-corrected chi connectivity index (χ3v) is 4.98. The summed E-state index contributed by atoms with van der Waals surface area (Å²) in [5, 5.41) is 7.33. The van der Waals surface area contributed by atoms with E-state index in [2.05, 4.69) is 25.8 Å². The number of ether oxygens (including phenoxy) is 1. The van der Waals surface area contributed by atoms with Crippen molar-refractivity contribution in [2.24, 2.45) is 5.10 Å². The van der Waals surface area contributed by atoms with Crippen molar-refractivity contribution in [1.82, 2.24) is 15.4 Å². The molecule has 2 heterocycles. The summed E-state index contributed by atoms with van der Waals surface area (Å²) in [7, 11) is 0. The first-order valence-electron chi connectivity index (χ1n) is 8.31. The van der Waals surface area contributed by atoms with Crippen LogP contribution in [0.2, 0.25) is 5.02 Å². The molecule has 0 saturated heterocycles. The molecule has 1 aromatic carbocycles. The minimum Gasteiger partial charge on any atom is -0.444 e. The SMILES string of the molecule is Fc1ccc(C2(Nc3ncc(C4=NNC(C(F)F)O4)cn3)CCC2)c(Cl)c1. The number of nitrogens with one attached hydrogen (secondary N) is 2. The van der Waals surface area contributed by atoms with Gasteiger partial charge in [-0.05, 0) is 37.0 Å². The molecular formula is C17H15ClF3N5O. The molecule has 1 aliphatic heterocycles. The third-order valence-electron chi connectivity index (χ3n) is 4.66. The Hall–Kier alpha value is -2.55. The van der Waals surface area contributed by atoms with Gasteiger partial charge in [0.2, 0.25) is 18.1 Å². The zero-order valence-electron chi connectivity index (χ0n) is 13.9. The predicted octanol–water partition coefficient (Wildman–Crippen LogP) is 3.63. The number of nitrogens with zero attached hydrogens (tertiary/aromatic N) is 3. The van der Waals surface area contributed by atoms with Crippen LogP contribution in [-0.2, 0) is 10.3 Å². The van der Waals surface area contributed by atoms with Gasteiger partial charge in [-0.3, -0.25) is 5.43 Å². The van der Waals surface area contributed by atoms with E-state index in [-0.39, 0.29) is 5.90 Å². The molecule has 0 bridgehead atoms. The van der Waals surface area contributed by atoms with E-state index in [9.17, 15) is 13.2 Å². The van der Waals surface area contributed by atoms with Gasteiger partial charge in [0.05, 0.1) is 11.1 Å². The second-order valence-corrected chi connectivity index (χ2v) is 6.81. The zero-order chi connectivity index (χ0) is 19.0. The largest absolute Gasteiger partial charge is 0.444 e. The van der Waals surface area contributed by atoms with E-state index in [1.165, 1.54) is 24.5 Å². The van der Waals surface area contributed by atoms with Crippen molar-refractivity contribution in [3.8, 4) is 0 Å². The molecule has 2 N–H and O–H groups in total. The van der Waals surface area contributed by atoms with E-state index in [0.717, 1.165) is 24.8 Å². The molecule has 1 atom stereocenters. The first-order chi connectivity index (χ1) is 13.0. The maximum absolute atomic E-state index is 13.3. The van der Waals surface area contributed by atoms with Gasteiger partial charge >= 0.3 is 0 Å². The number of aromatic nitrogens is 2. The number of hydrazone groups is 1. The Labute approximate surface area is 157 Å². The fourth-order valence-electron chi connectivity index (χ4n) is 3.12. The number of rotatable bonds is 5. The van der Waals surface area contributed by atoms with Crippen LogP contribution in [0.3, 0.4) is 0 Å². The predicted molar refractivity (Wildman–Crippen MR) is 93.1 cm³/mol. The van der Waals surface area contributed by atoms with Crippen LogP contribution in [0.25, 0.3) is 0 Å². The standard InChI is InChI=1S/C17H15ClF3N5O/c18-12-6-10(19)2-3-11(12)17(4-1-5-17)24-16-22-7-9(8-23-16)14-25-26-15(27-14)13(20)21/h2-3,6-8,13,15,26H,1,4-5H2,(H,22,23,24). The fraction of sp³-hybridized carbons (Fsp3) is 0.353. The molecule has 0 spiro atoms. The molecule has 1 aromatic heterocycles. The molecule has 1 saturated carbocycles. The lowest BCUT2D eigenvalue weighted by molar-refractivity contribution is 0.000572. The molecular weight excluding hydrogens is 383 g/mol. The second kappa shape index (κ2) is 6.88. The number of hydrogen-bond donors (Lipinski definition) is 2. The first-order valence-corrected chi connectivity index (χ1v) is 8.69. The summed E-state index contributed by atoms with van der Waals surface area (Å²) in [6, 6.07) is 4.31. The highest BCUT2D eigenvalue weighted by molar-refractivity contribution is 6.31. The maximum Gasteiger partial charge on any atom is 0.294 e. The molecule has 6 nitrogen and oxygen atoms in total. The molecule has 1 unspecified atom stereocenters. The number of benzene rings is 1. The summed E-state index contributed by atoms with van der Waals surface area (Å²) in [6.45, 7) is 0. The highest BCUT2D eigenvalue weighted by Gasteiger charge is 2.41. The summed E-state index contributed by atoms with van der Waals surface area (Å²) in [5.74, 6) is -0.0468. The van der Waals surface area contributed by atoms with E-state index >= 15 is 0 Å². The Morgan fingerprint density at radius 2 is 2.00 bits per heavy atom. The molecule has 142 valence electrons. The van der Waals surface area contributed by atoms with E-state index in [1.54, 1.807) is 6.07 Å². The lowest BCUT2D eigenvalue weighted by atomic mass is 9.72. The van der Waals surface area contributed by atoms with E-state index in [1.807, 2.05) is 0 Å². The number of alkyl halides is 2. The highest BCUT2D eigenvalue weighted by atomic mass is 35.5. The van der Waals surface area contributed by atoms with Crippen molar-refractivity contribution in [2.45, 2.75) is 37.5 Å². The number of anilines is 1. The van der Waals surface area contributed by atoms with Gasteiger partial charge < -0.3 is 10.1 Å². The van der Waals surface area contributed by atoms with Gasteiger partial charge in [-0.1, -0.05) is 17.7 Å². The van der Waals surface area contributed by atoms with Gasteiger partial charge in [-0.25, -0.2) is 23.1 Å². The van der Waals surface area contributed by atoms with Crippen LogP contribution in [0, 0.1) is 5.82 Å². The van der Waals surface area contributed by atoms with E-state index in [0.29, 0.717) is 16.5 Å². The summed E-state index contributed by atoms with van der Waals surface area (Å²) in [4.78, 5) is 8.43. The average molecular weight is 398 g/mol. The normalized spacial score (nSPS) is 20.5. The van der Waals surface area contributed by atoms with Crippen molar-refractivity contribution in [3.63, 3.8) is 0 Å². The second-order valence-electron chi connectivity index (χ2n) is 6.40. The van der Waals surface area contributed by atoms with Crippen molar-refractivity contribution in [2.75, 3.05) is 5.32 Å². The van der Waals surface area contributed by atoms with Crippen molar-refractivity contribution in [1.29, 1.82) is 0 Å². The lowest BCUT2D eigenvalue weighted by Crippen LogP contribution is -2.42. The summed E-state index contributed by atoms with van der Waals surface area (Å²) >= 11 is 6.22. The maximum atomic E-state index is 13.3. The molecule has 10 heteroatoms. The highest BCUT2D eigenvalue weighted by Crippen LogP contribution is 2.46. The van der Waals surface area contributed by atoms with Gasteiger partial charge in [0.25, 0.3) is 6.43 Å². The monoisotopic (exact) mass is 397 g/mol. The summed E-state index contributed by atoms with van der Waals surface area (Å²) in [5.41, 5.74) is 2.91. The molecule has 27 heavy (non-hydrogen) atoms. The van der Waals surface area contributed by atoms with Gasteiger partial charge in [0.15, 0.2) is 0 Å². The molecule has 1 fully saturated rings. The fourth-order valence-corrected chi connectivity index (χ4v) is 3.47. The first kappa shape index (κ1) is 17.8. The van der Waals surface area contributed by atoms with Gasteiger partial charge in [0.1, 0.15) is 5.82 Å². The molecule has 2 aromatic rings. The van der Waals surface area contributed by atoms with Crippen molar-refractivity contribution in [3.05, 3.63) is 52.6 Å². The van der Waals surface area contributed by atoms with Gasteiger partial charge in [-0.15, -0.1) is 5.10 Å². The lowest BCUT2D eigenvalue weighted by Gasteiger charge is -2.43. The Balaban J connectivity index is 1.51. The summed E-state index contributed by atoms with van der Waals surface area (Å²) in [6.07, 6.45) is 1.29. The minimum atomic E-state index is -2.70. The molecule has 4 rings (SSSR count). The quantitative estimate of drug-likeness (QED) is 0.806. The topological polar surface area (TPSA) is 71.4 Å². The van der Waals surface area contributed by atoms with Gasteiger partial charge in [-0.2, -0.15) is 0 Å². The Morgan fingerprint density at radius 3 is 2.56 bits per heavy atom. The summed E-state index contributed by atoms with van der Waals surface area (Å²) < 4.78 is 43.6. The van der Waals surface area contributed by atoms with Crippen LogP contribution in [0.4, 0.5) is 19.1 Å². The van der Waals surface area contributed by atoms with Crippen LogP contribution in [0.1, 0.15) is 30.4 Å². The van der Waals surface area contributed by atoms with Crippen LogP contribution in [-0.4, -0.2) is 28.5 Å². The van der Waals surface area contributed by atoms with Crippen molar-refractivity contribution >= 4 is 23.4 Å². The number of halogens is 4. The van der Waals surface area contributed by atoms with E-state index < -0.39 is 24.0 Å². The van der Waals surface area contributed by atoms with Crippen LogP contribution >= 0.6 is 11.6 Å². The van der Waals surface area contributed by atoms with Crippen LogP contribution in [0.5, 0.6) is 0 Å². The Morgan fingerprint density at radius 1 is 1.26 bits per heavy atom. The smallest absolute Gasteiger partial charge is 0.294 e. The third kappa shape index (κ3) is 3.39. The van der Waals surface area contributed by atoms with Gasteiger partial charge in [0, 0.05) is 17.4 Å².